The number of carbonyl (C=O) groups excluding carboxylic acids is 1. The SMILES string of the molecule is CC1=CC(c2c[nH]c3ccccc23)=NC1=O. The lowest BCUT2D eigenvalue weighted by molar-refractivity contribution is -0.114. The summed E-state index contributed by atoms with van der Waals surface area (Å²) in [7, 11) is 0. The minimum absolute atomic E-state index is 0.139. The van der Waals surface area contributed by atoms with E-state index in [4.69, 9.17) is 0 Å². The fourth-order valence-corrected chi connectivity index (χ4v) is 1.92. The lowest BCUT2D eigenvalue weighted by Gasteiger charge is -1.94. The highest BCUT2D eigenvalue weighted by molar-refractivity contribution is 6.26. The monoisotopic (exact) mass is 210 g/mol. The predicted octanol–water partition coefficient (Wildman–Crippen LogP) is 2.44. The van der Waals surface area contributed by atoms with Crippen molar-refractivity contribution in [1.29, 1.82) is 0 Å². The number of carbonyl (C=O) groups is 1. The van der Waals surface area contributed by atoms with Gasteiger partial charge in [0, 0.05) is 28.2 Å². The molecule has 0 aliphatic carbocycles. The van der Waals surface area contributed by atoms with E-state index in [-0.39, 0.29) is 5.91 Å². The number of hydrogen-bond acceptors (Lipinski definition) is 1. The van der Waals surface area contributed by atoms with Crippen LogP contribution in [-0.2, 0) is 4.79 Å². The Morgan fingerprint density at radius 3 is 2.81 bits per heavy atom. The third kappa shape index (κ3) is 1.21. The van der Waals surface area contributed by atoms with Gasteiger partial charge in [0.05, 0.1) is 5.71 Å². The second-order valence-electron chi connectivity index (χ2n) is 3.88. The van der Waals surface area contributed by atoms with Gasteiger partial charge in [-0.2, -0.15) is 0 Å². The zero-order valence-electron chi connectivity index (χ0n) is 8.82. The number of hydrogen-bond donors (Lipinski definition) is 1. The molecule has 3 nitrogen and oxygen atoms in total. The molecular weight excluding hydrogens is 200 g/mol. The van der Waals surface area contributed by atoms with Crippen molar-refractivity contribution in [3.8, 4) is 0 Å². The van der Waals surface area contributed by atoms with E-state index in [0.717, 1.165) is 22.2 Å². The number of nitrogens with one attached hydrogen (secondary N) is 1. The number of aromatic amines is 1. The number of para-hydroxylation sites is 1. The number of aromatic nitrogens is 1. The third-order valence-corrected chi connectivity index (χ3v) is 2.78. The molecule has 1 N–H and O–H groups in total. The first-order valence-electron chi connectivity index (χ1n) is 5.13. The van der Waals surface area contributed by atoms with Crippen LogP contribution < -0.4 is 0 Å². The van der Waals surface area contributed by atoms with E-state index >= 15 is 0 Å². The summed E-state index contributed by atoms with van der Waals surface area (Å²) in [5, 5.41) is 1.10. The molecule has 0 bridgehead atoms. The first kappa shape index (κ1) is 9.09. The van der Waals surface area contributed by atoms with Crippen LogP contribution in [0.25, 0.3) is 10.9 Å². The van der Waals surface area contributed by atoms with E-state index in [0.29, 0.717) is 5.57 Å². The van der Waals surface area contributed by atoms with E-state index in [1.54, 1.807) is 6.92 Å². The van der Waals surface area contributed by atoms with Crippen molar-refractivity contribution in [2.24, 2.45) is 4.99 Å². The van der Waals surface area contributed by atoms with Crippen molar-refractivity contribution in [3.05, 3.63) is 47.7 Å². The maximum absolute atomic E-state index is 11.3. The topological polar surface area (TPSA) is 45.2 Å². The molecule has 0 unspecified atom stereocenters. The number of H-pyrrole nitrogens is 1. The molecule has 0 saturated carbocycles. The van der Waals surface area contributed by atoms with Gasteiger partial charge in [-0.05, 0) is 19.1 Å². The van der Waals surface area contributed by atoms with Crippen LogP contribution in [0.4, 0.5) is 0 Å². The van der Waals surface area contributed by atoms with Gasteiger partial charge in [-0.25, -0.2) is 4.99 Å². The summed E-state index contributed by atoms with van der Waals surface area (Å²) in [4.78, 5) is 18.6. The number of rotatable bonds is 1. The molecule has 3 rings (SSSR count). The Hall–Kier alpha value is -2.16. The van der Waals surface area contributed by atoms with E-state index in [1.165, 1.54) is 0 Å². The van der Waals surface area contributed by atoms with Gasteiger partial charge in [-0.1, -0.05) is 18.2 Å². The van der Waals surface area contributed by atoms with Gasteiger partial charge in [-0.15, -0.1) is 0 Å². The number of allylic oxidation sites excluding steroid dienone is 1. The highest BCUT2D eigenvalue weighted by Gasteiger charge is 2.17. The Labute approximate surface area is 92.5 Å². The molecule has 2 aromatic rings. The fraction of sp³-hybridized carbons (Fsp3) is 0.0769. The molecule has 1 aromatic carbocycles. The zero-order valence-corrected chi connectivity index (χ0v) is 8.82. The summed E-state index contributed by atoms with van der Waals surface area (Å²) in [6, 6.07) is 7.99. The molecule has 3 heteroatoms. The average molecular weight is 210 g/mol. The van der Waals surface area contributed by atoms with Gasteiger partial charge in [0.25, 0.3) is 5.91 Å². The van der Waals surface area contributed by atoms with Gasteiger partial charge < -0.3 is 4.98 Å². The summed E-state index contributed by atoms with van der Waals surface area (Å²) in [5.41, 5.74) is 3.49. The smallest absolute Gasteiger partial charge is 0.273 e. The maximum Gasteiger partial charge on any atom is 0.273 e. The van der Waals surface area contributed by atoms with Gasteiger partial charge in [0.1, 0.15) is 0 Å². The first-order chi connectivity index (χ1) is 7.75. The molecule has 1 aliphatic heterocycles. The average Bonchev–Trinajstić information content (AvgIpc) is 2.83. The summed E-state index contributed by atoms with van der Waals surface area (Å²) < 4.78 is 0. The second kappa shape index (κ2) is 3.17. The highest BCUT2D eigenvalue weighted by atomic mass is 16.1. The fourth-order valence-electron chi connectivity index (χ4n) is 1.92. The Kier molecular flexibility index (Phi) is 1.80. The van der Waals surface area contributed by atoms with Crippen molar-refractivity contribution in [2.45, 2.75) is 6.92 Å². The Balaban J connectivity index is 2.22. The third-order valence-electron chi connectivity index (χ3n) is 2.78. The molecule has 78 valence electrons. The largest absolute Gasteiger partial charge is 0.360 e. The quantitative estimate of drug-likeness (QED) is 0.772. The van der Waals surface area contributed by atoms with Crippen LogP contribution in [0.5, 0.6) is 0 Å². The van der Waals surface area contributed by atoms with Crippen LogP contribution in [0.15, 0.2) is 47.1 Å². The minimum atomic E-state index is -0.139. The van der Waals surface area contributed by atoms with Crippen molar-refractivity contribution < 1.29 is 4.79 Å². The van der Waals surface area contributed by atoms with Crippen LogP contribution in [-0.4, -0.2) is 16.6 Å². The molecule has 1 amide bonds. The molecular formula is C13H10N2O. The lowest BCUT2D eigenvalue weighted by atomic mass is 10.1. The number of aliphatic imine (C=N–C) groups is 1. The van der Waals surface area contributed by atoms with Crippen molar-refractivity contribution in [2.75, 3.05) is 0 Å². The van der Waals surface area contributed by atoms with Gasteiger partial charge >= 0.3 is 0 Å². The molecule has 0 saturated heterocycles. The van der Waals surface area contributed by atoms with Crippen molar-refractivity contribution in [3.63, 3.8) is 0 Å². The maximum atomic E-state index is 11.3. The zero-order chi connectivity index (χ0) is 11.1. The second-order valence-corrected chi connectivity index (χ2v) is 3.88. The van der Waals surface area contributed by atoms with Crippen molar-refractivity contribution >= 4 is 22.5 Å². The van der Waals surface area contributed by atoms with Crippen LogP contribution in [0.2, 0.25) is 0 Å². The van der Waals surface area contributed by atoms with Crippen LogP contribution in [0, 0.1) is 0 Å². The van der Waals surface area contributed by atoms with Gasteiger partial charge in [0.15, 0.2) is 0 Å². The molecule has 16 heavy (non-hydrogen) atoms. The van der Waals surface area contributed by atoms with Crippen molar-refractivity contribution in [1.82, 2.24) is 4.98 Å². The highest BCUT2D eigenvalue weighted by Crippen LogP contribution is 2.21. The Morgan fingerprint density at radius 2 is 2.06 bits per heavy atom. The summed E-state index contributed by atoms with van der Waals surface area (Å²) >= 11 is 0. The van der Waals surface area contributed by atoms with Crippen LogP contribution in [0.3, 0.4) is 0 Å². The lowest BCUT2D eigenvalue weighted by Crippen LogP contribution is -1.92. The summed E-state index contributed by atoms with van der Waals surface area (Å²) in [6.45, 7) is 1.79. The number of fused-ring (bicyclic) bond motifs is 1. The van der Waals surface area contributed by atoms with E-state index in [2.05, 4.69) is 9.98 Å². The predicted molar refractivity (Wildman–Crippen MR) is 63.6 cm³/mol. The first-order valence-corrected chi connectivity index (χ1v) is 5.13. The van der Waals surface area contributed by atoms with Gasteiger partial charge in [-0.3, -0.25) is 4.79 Å². The molecule has 0 atom stereocenters. The van der Waals surface area contributed by atoms with Gasteiger partial charge in [0.2, 0.25) is 0 Å². The summed E-state index contributed by atoms with van der Waals surface area (Å²) in [6.07, 6.45) is 3.73. The number of benzene rings is 1. The Bertz CT molecular complexity index is 647. The van der Waals surface area contributed by atoms with E-state index in [9.17, 15) is 4.79 Å². The molecule has 0 fully saturated rings. The van der Waals surface area contributed by atoms with E-state index in [1.807, 2.05) is 36.5 Å². The minimum Gasteiger partial charge on any atom is -0.360 e. The van der Waals surface area contributed by atoms with Crippen LogP contribution in [0.1, 0.15) is 12.5 Å². The molecule has 1 aromatic heterocycles. The normalized spacial score (nSPS) is 15.4. The molecule has 0 spiro atoms. The molecule has 2 heterocycles. The van der Waals surface area contributed by atoms with E-state index < -0.39 is 0 Å². The standard InChI is InChI=1S/C13H10N2O/c1-8-6-12(15-13(8)16)10-7-14-11-5-3-2-4-9(10)11/h2-7,14H,1H3. The molecule has 0 radical (unpaired) electrons. The number of amides is 1. The molecule has 1 aliphatic rings. The van der Waals surface area contributed by atoms with Crippen LogP contribution >= 0.6 is 0 Å². The summed E-state index contributed by atoms with van der Waals surface area (Å²) in [5.74, 6) is -0.139. The number of nitrogens with zero attached hydrogens (tertiary/aromatic N) is 1. The Morgan fingerprint density at radius 1 is 1.25 bits per heavy atom.